The van der Waals surface area contributed by atoms with Crippen molar-refractivity contribution in [1.29, 1.82) is 0 Å². The largest absolute Gasteiger partial charge is 0.510 e. The van der Waals surface area contributed by atoms with Gasteiger partial charge in [-0.05, 0) is 62.7 Å². The highest BCUT2D eigenvalue weighted by atomic mass is 16.6. The predicted octanol–water partition coefficient (Wildman–Crippen LogP) is 1.36. The Morgan fingerprint density at radius 2 is 1.92 bits per heavy atom. The second kappa shape index (κ2) is 9.10. The zero-order valence-corrected chi connectivity index (χ0v) is 21.3. The summed E-state index contributed by atoms with van der Waals surface area (Å²) in [4.78, 5) is 45.4. The number of nitrogens with zero attached hydrogens (tertiary/aromatic N) is 2. The van der Waals surface area contributed by atoms with Crippen molar-refractivity contribution in [3.63, 3.8) is 0 Å². The van der Waals surface area contributed by atoms with E-state index in [1.807, 2.05) is 0 Å². The number of fused-ring (bicyclic) bond motifs is 3. The lowest BCUT2D eigenvalue weighted by molar-refractivity contribution is -0.148. The first-order valence-corrected chi connectivity index (χ1v) is 12.1. The van der Waals surface area contributed by atoms with Gasteiger partial charge in [0.05, 0.1) is 11.6 Å². The molecule has 4 atom stereocenters. The van der Waals surface area contributed by atoms with Crippen LogP contribution in [0.15, 0.2) is 56.5 Å². The van der Waals surface area contributed by atoms with Crippen LogP contribution in [0.3, 0.4) is 0 Å². The topological polar surface area (TPSA) is 196 Å². The lowest BCUT2D eigenvalue weighted by atomic mass is 9.58. The molecule has 3 aliphatic carbocycles. The Morgan fingerprint density at radius 3 is 2.56 bits per heavy atom. The molecule has 0 radical (unpaired) electrons. The fourth-order valence-electron chi connectivity index (χ4n) is 6.15. The van der Waals surface area contributed by atoms with E-state index in [4.69, 9.17) is 10.2 Å². The van der Waals surface area contributed by atoms with Gasteiger partial charge in [0.1, 0.15) is 47.7 Å². The third-order valence-electron chi connectivity index (χ3n) is 7.78. The minimum Gasteiger partial charge on any atom is -0.510 e. The van der Waals surface area contributed by atoms with Gasteiger partial charge in [0.2, 0.25) is 5.78 Å². The van der Waals surface area contributed by atoms with Gasteiger partial charge in [-0.15, -0.1) is 0 Å². The number of benzene rings is 1. The van der Waals surface area contributed by atoms with Crippen molar-refractivity contribution in [3.8, 4) is 17.1 Å². The molecule has 0 aliphatic heterocycles. The maximum atomic E-state index is 13.8. The average Bonchev–Trinajstić information content (AvgIpc) is 3.33. The zero-order chi connectivity index (χ0) is 28.4. The number of Topliss-reactive ketones (excluding diaryl/α,β-unsaturated/α-hetero) is 2. The molecule has 3 aliphatic rings. The highest BCUT2D eigenvalue weighted by Crippen LogP contribution is 2.53. The molecule has 0 saturated carbocycles. The van der Waals surface area contributed by atoms with Crippen molar-refractivity contribution in [2.75, 3.05) is 21.2 Å². The van der Waals surface area contributed by atoms with E-state index in [-0.39, 0.29) is 29.7 Å². The number of oxime groups is 1. The van der Waals surface area contributed by atoms with Gasteiger partial charge in [0, 0.05) is 17.1 Å². The summed E-state index contributed by atoms with van der Waals surface area (Å²) < 4.78 is 5.83. The lowest BCUT2D eigenvalue weighted by Gasteiger charge is -2.50. The maximum Gasteiger partial charge on any atom is 0.255 e. The Balaban J connectivity index is 1.68. The number of aliphatic hydroxyl groups excluding tert-OH is 2. The number of amides is 1. The number of primary amides is 1. The predicted molar refractivity (Wildman–Crippen MR) is 136 cm³/mol. The third-order valence-corrected chi connectivity index (χ3v) is 7.78. The number of aliphatic hydroxyl groups is 3. The summed E-state index contributed by atoms with van der Waals surface area (Å²) in [5.41, 5.74) is 2.47. The number of aromatic hydroxyl groups is 1. The van der Waals surface area contributed by atoms with E-state index in [0.717, 1.165) is 0 Å². The fourth-order valence-corrected chi connectivity index (χ4v) is 6.15. The molecule has 12 heteroatoms. The number of phenols is 1. The molecule has 1 amide bonds. The van der Waals surface area contributed by atoms with E-state index in [1.54, 1.807) is 32.3 Å². The summed E-state index contributed by atoms with van der Waals surface area (Å²) in [5, 5.41) is 48.2. The number of hydrogen-bond donors (Lipinski definition) is 5. The average molecular weight is 538 g/mol. The summed E-state index contributed by atoms with van der Waals surface area (Å²) in [6.07, 6.45) is 1.50. The molecule has 39 heavy (non-hydrogen) atoms. The molecular weight excluding hydrogens is 510 g/mol. The SMILES string of the molecule is CO/N=C/c1ccc(-c2ccc(O)c3c2CC2CC4C(N(C)C)C(O)=C(C(N)=O)C(=O)C4(O)C(O)=C2C3=O)o1. The van der Waals surface area contributed by atoms with E-state index in [9.17, 15) is 34.8 Å². The molecule has 1 aromatic carbocycles. The van der Waals surface area contributed by atoms with E-state index >= 15 is 0 Å². The second-order valence-corrected chi connectivity index (χ2v) is 10.1. The van der Waals surface area contributed by atoms with Crippen LogP contribution in [0.5, 0.6) is 5.75 Å². The second-order valence-electron chi connectivity index (χ2n) is 10.1. The minimum atomic E-state index is -2.69. The number of carbonyl (C=O) groups excluding carboxylic acids is 3. The van der Waals surface area contributed by atoms with Gasteiger partial charge < -0.3 is 35.4 Å². The summed E-state index contributed by atoms with van der Waals surface area (Å²) in [6, 6.07) is 5.18. The first kappa shape index (κ1) is 26.2. The van der Waals surface area contributed by atoms with Crippen LogP contribution in [-0.4, -0.2) is 81.9 Å². The molecule has 12 nitrogen and oxygen atoms in total. The standard InChI is InChI=1S/C27H27N3O9/c1-30(2)21-15-9-11-8-14-13(17-7-4-12(39-17)10-29-38-3)5-6-16(31)19(14)22(32)18(11)24(34)27(15,37)25(35)20(23(21)33)26(28)36/h4-7,10-11,15,21,31,33-34,37H,8-9H2,1-3H3,(H2,28,36)/b29-10+. The molecule has 1 aromatic heterocycles. The Bertz CT molecular complexity index is 1520. The van der Waals surface area contributed by atoms with Crippen LogP contribution < -0.4 is 5.73 Å². The van der Waals surface area contributed by atoms with Crippen molar-refractivity contribution in [2.24, 2.45) is 22.7 Å². The Kier molecular flexibility index (Phi) is 6.11. The van der Waals surface area contributed by atoms with Crippen molar-refractivity contribution in [1.82, 2.24) is 4.90 Å². The first-order valence-electron chi connectivity index (χ1n) is 12.1. The summed E-state index contributed by atoms with van der Waals surface area (Å²) in [5.74, 6) is -6.23. The fraction of sp³-hybridized carbons (Fsp3) is 0.333. The molecule has 0 bridgehead atoms. The van der Waals surface area contributed by atoms with Crippen LogP contribution in [0.1, 0.15) is 28.1 Å². The van der Waals surface area contributed by atoms with Gasteiger partial charge in [-0.3, -0.25) is 19.3 Å². The molecule has 0 saturated heterocycles. The van der Waals surface area contributed by atoms with E-state index < -0.39 is 58.0 Å². The summed E-state index contributed by atoms with van der Waals surface area (Å²) in [6.45, 7) is 0. The summed E-state index contributed by atoms with van der Waals surface area (Å²) >= 11 is 0. The van der Waals surface area contributed by atoms with Crippen molar-refractivity contribution < 1.29 is 44.1 Å². The number of phenolic OH excluding ortho intramolecular Hbond substituents is 1. The maximum absolute atomic E-state index is 13.8. The molecule has 4 unspecified atom stereocenters. The Morgan fingerprint density at radius 1 is 1.21 bits per heavy atom. The van der Waals surface area contributed by atoms with E-state index in [2.05, 4.69) is 9.99 Å². The van der Waals surface area contributed by atoms with Crippen LogP contribution in [0.25, 0.3) is 11.3 Å². The van der Waals surface area contributed by atoms with Gasteiger partial charge in [-0.25, -0.2) is 0 Å². The highest BCUT2D eigenvalue weighted by Gasteiger charge is 2.63. The quantitative estimate of drug-likeness (QED) is 0.211. The van der Waals surface area contributed by atoms with Crippen LogP contribution in [-0.2, 0) is 20.8 Å². The van der Waals surface area contributed by atoms with Crippen LogP contribution in [0, 0.1) is 11.8 Å². The lowest BCUT2D eigenvalue weighted by Crippen LogP contribution is -2.63. The first-order chi connectivity index (χ1) is 18.4. The molecule has 6 N–H and O–H groups in total. The van der Waals surface area contributed by atoms with Gasteiger partial charge >= 0.3 is 0 Å². The smallest absolute Gasteiger partial charge is 0.255 e. The number of carbonyl (C=O) groups is 3. The number of nitrogens with two attached hydrogens (primary N) is 1. The molecule has 1 heterocycles. The monoisotopic (exact) mass is 537 g/mol. The number of ketones is 2. The molecule has 0 spiro atoms. The van der Waals surface area contributed by atoms with Crippen molar-refractivity contribution >= 4 is 23.7 Å². The number of allylic oxidation sites excluding steroid dienone is 1. The van der Waals surface area contributed by atoms with E-state index in [0.29, 0.717) is 22.6 Å². The number of rotatable bonds is 5. The van der Waals surface area contributed by atoms with Crippen molar-refractivity contribution in [3.05, 3.63) is 63.8 Å². The highest BCUT2D eigenvalue weighted by molar-refractivity contribution is 6.24. The minimum absolute atomic E-state index is 0.00917. The number of furan rings is 1. The van der Waals surface area contributed by atoms with E-state index in [1.165, 1.54) is 24.3 Å². The van der Waals surface area contributed by atoms with Gasteiger partial charge in [0.25, 0.3) is 5.91 Å². The molecule has 2 aromatic rings. The van der Waals surface area contributed by atoms with Crippen LogP contribution in [0.4, 0.5) is 0 Å². The van der Waals surface area contributed by atoms with Crippen LogP contribution >= 0.6 is 0 Å². The normalized spacial score (nSPS) is 26.6. The Labute approximate surface area is 222 Å². The van der Waals surface area contributed by atoms with Gasteiger partial charge in [-0.1, -0.05) is 5.16 Å². The zero-order valence-electron chi connectivity index (χ0n) is 21.3. The Hall–Kier alpha value is -4.42. The number of hydrogen-bond acceptors (Lipinski definition) is 11. The molecule has 5 rings (SSSR count). The van der Waals surface area contributed by atoms with Crippen LogP contribution in [0.2, 0.25) is 0 Å². The molecular formula is C27H27N3O9. The molecule has 204 valence electrons. The molecule has 0 fully saturated rings. The number of likely N-dealkylation sites (N-methyl/N-ethyl adjacent to an activating group) is 1. The van der Waals surface area contributed by atoms with Crippen molar-refractivity contribution in [2.45, 2.75) is 24.5 Å². The summed E-state index contributed by atoms with van der Waals surface area (Å²) in [7, 11) is 4.54. The van der Waals surface area contributed by atoms with Gasteiger partial charge in [-0.2, -0.15) is 0 Å². The third kappa shape index (κ3) is 3.67. The van der Waals surface area contributed by atoms with Gasteiger partial charge in [0.15, 0.2) is 11.4 Å².